The van der Waals surface area contributed by atoms with Gasteiger partial charge in [-0.1, -0.05) is 23.7 Å². The van der Waals surface area contributed by atoms with Crippen molar-refractivity contribution in [2.75, 3.05) is 24.3 Å². The predicted molar refractivity (Wildman–Crippen MR) is 98.7 cm³/mol. The van der Waals surface area contributed by atoms with E-state index in [4.69, 9.17) is 11.6 Å². The predicted octanol–water partition coefficient (Wildman–Crippen LogP) is 5.35. The molecule has 122 valence electrons. The molecular weight excluding hydrogens is 325 g/mol. The molecular formula is C19H17ClFN3. The summed E-state index contributed by atoms with van der Waals surface area (Å²) in [6.45, 7) is 0. The molecule has 0 radical (unpaired) electrons. The number of aromatic nitrogens is 1. The lowest BCUT2D eigenvalue weighted by Crippen LogP contribution is -2.07. The van der Waals surface area contributed by atoms with E-state index in [2.05, 4.69) is 39.5 Å². The summed E-state index contributed by atoms with van der Waals surface area (Å²) in [6.07, 6.45) is 3.53. The average molecular weight is 342 g/mol. The van der Waals surface area contributed by atoms with Gasteiger partial charge in [-0.15, -0.1) is 0 Å². The molecule has 5 heteroatoms. The van der Waals surface area contributed by atoms with E-state index in [1.807, 2.05) is 26.4 Å². The molecule has 0 aliphatic heterocycles. The minimum absolute atomic E-state index is 0.0865. The Morgan fingerprint density at radius 3 is 2.33 bits per heavy atom. The highest BCUT2D eigenvalue weighted by molar-refractivity contribution is 6.31. The third-order valence-electron chi connectivity index (χ3n) is 3.66. The molecule has 0 aliphatic rings. The number of halogens is 2. The van der Waals surface area contributed by atoms with Crippen LogP contribution in [0.1, 0.15) is 0 Å². The van der Waals surface area contributed by atoms with Crippen molar-refractivity contribution in [2.45, 2.75) is 0 Å². The zero-order valence-corrected chi connectivity index (χ0v) is 14.2. The quantitative estimate of drug-likeness (QED) is 0.693. The van der Waals surface area contributed by atoms with Gasteiger partial charge in [-0.25, -0.2) is 4.39 Å². The molecule has 0 amide bonds. The second-order valence-electron chi connectivity index (χ2n) is 5.66. The molecule has 1 N–H and O–H groups in total. The summed E-state index contributed by atoms with van der Waals surface area (Å²) in [5.74, 6) is -0.435. The van der Waals surface area contributed by atoms with Gasteiger partial charge in [0.15, 0.2) is 0 Å². The van der Waals surface area contributed by atoms with Crippen LogP contribution in [0.15, 0.2) is 60.9 Å². The highest BCUT2D eigenvalue weighted by atomic mass is 35.5. The van der Waals surface area contributed by atoms with Crippen molar-refractivity contribution < 1.29 is 4.39 Å². The Balaban J connectivity index is 1.84. The molecule has 3 aromatic rings. The number of nitrogens with one attached hydrogen (secondary N) is 1. The highest BCUT2D eigenvalue weighted by Gasteiger charge is 2.04. The summed E-state index contributed by atoms with van der Waals surface area (Å²) < 4.78 is 13.2. The molecule has 3 rings (SSSR count). The fourth-order valence-corrected chi connectivity index (χ4v) is 2.54. The number of rotatable bonds is 4. The van der Waals surface area contributed by atoms with Gasteiger partial charge in [-0.2, -0.15) is 0 Å². The monoisotopic (exact) mass is 341 g/mol. The van der Waals surface area contributed by atoms with Gasteiger partial charge in [0.25, 0.3) is 0 Å². The maximum Gasteiger partial charge on any atom is 0.141 e. The summed E-state index contributed by atoms with van der Waals surface area (Å²) in [7, 11) is 4.02. The average Bonchev–Trinajstić information content (AvgIpc) is 2.58. The van der Waals surface area contributed by atoms with Gasteiger partial charge >= 0.3 is 0 Å². The Morgan fingerprint density at radius 2 is 1.67 bits per heavy atom. The number of nitrogens with zero attached hydrogens (tertiary/aromatic N) is 2. The third-order valence-corrected chi connectivity index (χ3v) is 3.95. The lowest BCUT2D eigenvalue weighted by Gasteiger charge is -2.13. The van der Waals surface area contributed by atoms with Crippen LogP contribution in [0, 0.1) is 5.82 Å². The Hall–Kier alpha value is -2.59. The summed E-state index contributed by atoms with van der Waals surface area (Å²) in [4.78, 5) is 6.33. The van der Waals surface area contributed by atoms with Gasteiger partial charge in [-0.3, -0.25) is 4.98 Å². The van der Waals surface area contributed by atoms with Crippen LogP contribution in [0.3, 0.4) is 0 Å². The van der Waals surface area contributed by atoms with Gasteiger partial charge in [0.05, 0.1) is 16.9 Å². The van der Waals surface area contributed by atoms with E-state index in [1.54, 1.807) is 18.3 Å². The number of hydrogen-bond donors (Lipinski definition) is 1. The van der Waals surface area contributed by atoms with E-state index in [0.717, 1.165) is 22.5 Å². The lowest BCUT2D eigenvalue weighted by molar-refractivity contribution is 0.628. The molecule has 1 aromatic heterocycles. The van der Waals surface area contributed by atoms with Crippen LogP contribution in [0.25, 0.3) is 11.1 Å². The van der Waals surface area contributed by atoms with Crippen LogP contribution in [-0.4, -0.2) is 19.1 Å². The molecule has 1 heterocycles. The molecule has 0 fully saturated rings. The molecule has 2 aromatic carbocycles. The van der Waals surface area contributed by atoms with E-state index >= 15 is 0 Å². The van der Waals surface area contributed by atoms with Crippen molar-refractivity contribution in [1.29, 1.82) is 0 Å². The molecule has 0 spiro atoms. The topological polar surface area (TPSA) is 28.2 Å². The smallest absolute Gasteiger partial charge is 0.141 e. The normalized spacial score (nSPS) is 10.5. The Labute approximate surface area is 145 Å². The van der Waals surface area contributed by atoms with Crippen LogP contribution >= 0.6 is 11.6 Å². The number of hydrogen-bond acceptors (Lipinski definition) is 3. The first-order valence-corrected chi connectivity index (χ1v) is 7.85. The van der Waals surface area contributed by atoms with E-state index < -0.39 is 5.82 Å². The molecule has 0 saturated heterocycles. The Kier molecular flexibility index (Phi) is 4.67. The highest BCUT2D eigenvalue weighted by Crippen LogP contribution is 2.27. The van der Waals surface area contributed by atoms with Gasteiger partial charge in [-0.05, 0) is 42.0 Å². The standard InChI is InChI=1S/C19H17ClFN3/c1-24(2)17-6-3-13(4-7-17)14-9-16(12-22-11-14)23-15-5-8-19(21)18(20)10-15/h3-12,23H,1-2H3. The van der Waals surface area contributed by atoms with Crippen LogP contribution < -0.4 is 10.2 Å². The van der Waals surface area contributed by atoms with Crippen molar-refractivity contribution in [3.8, 4) is 11.1 Å². The maximum atomic E-state index is 13.2. The van der Waals surface area contributed by atoms with Gasteiger partial charge in [0.1, 0.15) is 5.82 Å². The molecule has 3 nitrogen and oxygen atoms in total. The Bertz CT molecular complexity index is 847. The lowest BCUT2D eigenvalue weighted by atomic mass is 10.1. The largest absolute Gasteiger partial charge is 0.378 e. The van der Waals surface area contributed by atoms with Gasteiger partial charge in [0, 0.05) is 37.2 Å². The van der Waals surface area contributed by atoms with Gasteiger partial charge < -0.3 is 10.2 Å². The minimum atomic E-state index is -0.435. The first kappa shape index (κ1) is 16.3. The molecule has 0 saturated carbocycles. The maximum absolute atomic E-state index is 13.2. The van der Waals surface area contributed by atoms with Gasteiger partial charge in [0.2, 0.25) is 0 Å². The van der Waals surface area contributed by atoms with E-state index in [1.165, 1.54) is 6.07 Å². The van der Waals surface area contributed by atoms with E-state index in [-0.39, 0.29) is 5.02 Å². The zero-order valence-electron chi connectivity index (χ0n) is 13.4. The SMILES string of the molecule is CN(C)c1ccc(-c2cncc(Nc3ccc(F)c(Cl)c3)c2)cc1. The number of pyridine rings is 1. The van der Waals surface area contributed by atoms with Crippen molar-refractivity contribution in [3.63, 3.8) is 0 Å². The van der Waals surface area contributed by atoms with Crippen LogP contribution in [-0.2, 0) is 0 Å². The second kappa shape index (κ2) is 6.89. The fraction of sp³-hybridized carbons (Fsp3) is 0.105. The Morgan fingerprint density at radius 1 is 0.917 bits per heavy atom. The van der Waals surface area contributed by atoms with Crippen LogP contribution in [0.2, 0.25) is 5.02 Å². The zero-order chi connectivity index (χ0) is 17.1. The van der Waals surface area contributed by atoms with E-state index in [0.29, 0.717) is 5.69 Å². The second-order valence-corrected chi connectivity index (χ2v) is 6.06. The summed E-state index contributed by atoms with van der Waals surface area (Å²) in [5.41, 5.74) is 4.74. The fourth-order valence-electron chi connectivity index (χ4n) is 2.36. The summed E-state index contributed by atoms with van der Waals surface area (Å²) in [5, 5.41) is 3.28. The first-order chi connectivity index (χ1) is 11.5. The molecule has 0 aliphatic carbocycles. The number of anilines is 3. The van der Waals surface area contributed by atoms with Crippen LogP contribution in [0.5, 0.6) is 0 Å². The molecule has 0 atom stereocenters. The minimum Gasteiger partial charge on any atom is -0.378 e. The molecule has 0 unspecified atom stereocenters. The molecule has 24 heavy (non-hydrogen) atoms. The van der Waals surface area contributed by atoms with Crippen molar-refractivity contribution in [1.82, 2.24) is 4.98 Å². The van der Waals surface area contributed by atoms with Crippen molar-refractivity contribution in [2.24, 2.45) is 0 Å². The summed E-state index contributed by atoms with van der Waals surface area (Å²) >= 11 is 5.81. The summed E-state index contributed by atoms with van der Waals surface area (Å²) in [6, 6.07) is 14.8. The third kappa shape index (κ3) is 3.66. The number of benzene rings is 2. The van der Waals surface area contributed by atoms with Crippen molar-refractivity contribution in [3.05, 3.63) is 71.8 Å². The first-order valence-electron chi connectivity index (χ1n) is 7.48. The van der Waals surface area contributed by atoms with E-state index in [9.17, 15) is 4.39 Å². The van der Waals surface area contributed by atoms with Crippen LogP contribution in [0.4, 0.5) is 21.5 Å². The van der Waals surface area contributed by atoms with Crippen molar-refractivity contribution >= 4 is 28.7 Å². The molecule has 0 bridgehead atoms.